The van der Waals surface area contributed by atoms with E-state index in [4.69, 9.17) is 16.3 Å². The van der Waals surface area contributed by atoms with E-state index in [-0.39, 0.29) is 11.2 Å². The Kier molecular flexibility index (Phi) is 5.62. The molecule has 0 heterocycles. The van der Waals surface area contributed by atoms with Crippen molar-refractivity contribution in [2.75, 3.05) is 17.8 Å². The third-order valence-corrected chi connectivity index (χ3v) is 3.08. The van der Waals surface area contributed by atoms with Crippen molar-refractivity contribution < 1.29 is 14.3 Å². The number of aryl methyl sites for hydroxylation is 1. The predicted octanol–water partition coefficient (Wildman–Crippen LogP) is 3.02. The number of carbonyl (C=O) groups excluding carboxylic acids is 2. The fourth-order valence-electron chi connectivity index (χ4n) is 1.57. The molecule has 0 aromatic heterocycles. The molecule has 0 aliphatic rings. The van der Waals surface area contributed by atoms with Gasteiger partial charge in [-0.3, -0.25) is 4.79 Å². The van der Waals surface area contributed by atoms with Crippen LogP contribution in [-0.4, -0.2) is 24.3 Å². The molecule has 0 atom stereocenters. The second kappa shape index (κ2) is 6.75. The number of hydrogen-bond donors (Lipinski definition) is 1. The Morgan fingerprint density at radius 1 is 1.44 bits per heavy atom. The highest BCUT2D eigenvalue weighted by molar-refractivity contribution is 9.09. The van der Waals surface area contributed by atoms with E-state index >= 15 is 0 Å². The van der Waals surface area contributed by atoms with Crippen molar-refractivity contribution in [3.8, 4) is 0 Å². The summed E-state index contributed by atoms with van der Waals surface area (Å²) >= 11 is 9.00. The number of esters is 1. The molecule has 0 radical (unpaired) electrons. The number of benzene rings is 1. The molecule has 1 amide bonds. The van der Waals surface area contributed by atoms with Crippen LogP contribution >= 0.6 is 27.5 Å². The Balaban J connectivity index is 3.32. The van der Waals surface area contributed by atoms with Gasteiger partial charge in [0.05, 0.1) is 23.7 Å². The van der Waals surface area contributed by atoms with Gasteiger partial charge in [0.2, 0.25) is 5.91 Å². The first kappa shape index (κ1) is 15.0. The zero-order valence-electron chi connectivity index (χ0n) is 10.0. The van der Waals surface area contributed by atoms with Crippen LogP contribution < -0.4 is 5.32 Å². The third-order valence-electron chi connectivity index (χ3n) is 2.35. The number of anilines is 1. The van der Waals surface area contributed by atoms with Gasteiger partial charge in [-0.2, -0.15) is 0 Å². The van der Waals surface area contributed by atoms with Crippen molar-refractivity contribution in [3.63, 3.8) is 0 Å². The highest BCUT2D eigenvalue weighted by Gasteiger charge is 2.18. The lowest BCUT2D eigenvalue weighted by molar-refractivity contribution is -0.113. The third kappa shape index (κ3) is 3.46. The molecule has 0 aliphatic heterocycles. The van der Waals surface area contributed by atoms with Gasteiger partial charge < -0.3 is 10.1 Å². The Morgan fingerprint density at radius 2 is 2.11 bits per heavy atom. The molecule has 1 rings (SSSR count). The highest BCUT2D eigenvalue weighted by atomic mass is 79.9. The lowest BCUT2D eigenvalue weighted by atomic mass is 10.0. The van der Waals surface area contributed by atoms with E-state index in [9.17, 15) is 9.59 Å². The molecule has 0 saturated carbocycles. The second-order valence-corrected chi connectivity index (χ2v) is 4.51. The van der Waals surface area contributed by atoms with E-state index in [1.807, 2.05) is 6.92 Å². The zero-order valence-corrected chi connectivity index (χ0v) is 12.4. The molecule has 1 aromatic carbocycles. The van der Waals surface area contributed by atoms with E-state index < -0.39 is 5.97 Å². The van der Waals surface area contributed by atoms with Gasteiger partial charge in [0.1, 0.15) is 0 Å². The molecule has 0 fully saturated rings. The highest BCUT2D eigenvalue weighted by Crippen LogP contribution is 2.27. The summed E-state index contributed by atoms with van der Waals surface area (Å²) in [5.41, 5.74) is 1.45. The smallest absolute Gasteiger partial charge is 0.340 e. The first-order valence-electron chi connectivity index (χ1n) is 5.30. The van der Waals surface area contributed by atoms with E-state index in [1.54, 1.807) is 6.07 Å². The molecule has 4 nitrogen and oxygen atoms in total. The van der Waals surface area contributed by atoms with Crippen LogP contribution in [0.4, 0.5) is 5.69 Å². The van der Waals surface area contributed by atoms with Gasteiger partial charge in [0.15, 0.2) is 0 Å². The number of amides is 1. The first-order chi connectivity index (χ1) is 8.53. The van der Waals surface area contributed by atoms with Gasteiger partial charge >= 0.3 is 5.97 Å². The summed E-state index contributed by atoms with van der Waals surface area (Å²) in [5, 5.41) is 3.22. The lowest BCUT2D eigenvalue weighted by Gasteiger charge is -2.13. The van der Waals surface area contributed by atoms with Crippen LogP contribution in [0.15, 0.2) is 12.1 Å². The van der Waals surface area contributed by atoms with Gasteiger partial charge in [-0.1, -0.05) is 34.5 Å². The topological polar surface area (TPSA) is 55.4 Å². The molecular formula is C12H13BrClNO3. The van der Waals surface area contributed by atoms with Gasteiger partial charge in [0, 0.05) is 5.02 Å². The normalized spacial score (nSPS) is 10.0. The molecule has 98 valence electrons. The Hall–Kier alpha value is -1.07. The van der Waals surface area contributed by atoms with Crippen LogP contribution in [0.3, 0.4) is 0 Å². The number of carbonyl (C=O) groups is 2. The molecule has 1 N–H and O–H groups in total. The molecule has 0 saturated heterocycles. The van der Waals surface area contributed by atoms with Crippen LogP contribution in [0.1, 0.15) is 22.8 Å². The summed E-state index contributed by atoms with van der Waals surface area (Å²) in [7, 11) is 1.30. The molecule has 6 heteroatoms. The number of methoxy groups -OCH3 is 1. The number of halogens is 2. The Bertz CT molecular complexity index is 477. The number of nitrogens with one attached hydrogen (secondary N) is 1. The summed E-state index contributed by atoms with van der Waals surface area (Å²) < 4.78 is 4.73. The summed E-state index contributed by atoms with van der Waals surface area (Å²) in [6.07, 6.45) is 0.613. The Morgan fingerprint density at radius 3 is 2.61 bits per heavy atom. The number of alkyl halides is 1. The van der Waals surface area contributed by atoms with Crippen molar-refractivity contribution in [2.24, 2.45) is 0 Å². The molecule has 1 aromatic rings. The van der Waals surface area contributed by atoms with Gasteiger partial charge in [-0.05, 0) is 24.1 Å². The minimum atomic E-state index is -0.492. The van der Waals surface area contributed by atoms with E-state index in [2.05, 4.69) is 21.2 Å². The average molecular weight is 335 g/mol. The van der Waals surface area contributed by atoms with Crippen LogP contribution in [0.25, 0.3) is 0 Å². The van der Waals surface area contributed by atoms with Crippen LogP contribution in [-0.2, 0) is 16.0 Å². The minimum absolute atomic E-state index is 0.140. The predicted molar refractivity (Wildman–Crippen MR) is 74.6 cm³/mol. The number of rotatable bonds is 4. The van der Waals surface area contributed by atoms with E-state index in [0.717, 1.165) is 5.56 Å². The molecule has 0 aliphatic carbocycles. The van der Waals surface area contributed by atoms with E-state index in [0.29, 0.717) is 22.7 Å². The van der Waals surface area contributed by atoms with Crippen LogP contribution in [0, 0.1) is 0 Å². The van der Waals surface area contributed by atoms with Gasteiger partial charge in [-0.25, -0.2) is 4.79 Å². The average Bonchev–Trinajstić information content (AvgIpc) is 2.36. The van der Waals surface area contributed by atoms with Crippen LogP contribution in [0.2, 0.25) is 5.02 Å². The standard InChI is InChI=1S/C12H13BrClNO3/c1-3-7-4-8(14)5-9(15-10(16)6-13)11(7)12(17)18-2/h4-5H,3,6H2,1-2H3,(H,15,16). The second-order valence-electron chi connectivity index (χ2n) is 3.51. The minimum Gasteiger partial charge on any atom is -0.465 e. The molecular weight excluding hydrogens is 321 g/mol. The number of ether oxygens (including phenoxy) is 1. The van der Waals surface area contributed by atoms with Gasteiger partial charge in [-0.15, -0.1) is 0 Å². The summed E-state index contributed by atoms with van der Waals surface area (Å²) in [5.74, 6) is -0.752. The summed E-state index contributed by atoms with van der Waals surface area (Å²) in [6, 6.07) is 3.23. The monoisotopic (exact) mass is 333 g/mol. The van der Waals surface area contributed by atoms with Crippen molar-refractivity contribution in [3.05, 3.63) is 28.3 Å². The van der Waals surface area contributed by atoms with Crippen LogP contribution in [0.5, 0.6) is 0 Å². The largest absolute Gasteiger partial charge is 0.465 e. The van der Waals surface area contributed by atoms with Gasteiger partial charge in [0.25, 0.3) is 0 Å². The zero-order chi connectivity index (χ0) is 13.7. The quantitative estimate of drug-likeness (QED) is 0.680. The van der Waals surface area contributed by atoms with Crippen molar-refractivity contribution in [2.45, 2.75) is 13.3 Å². The first-order valence-corrected chi connectivity index (χ1v) is 6.80. The fourth-order valence-corrected chi connectivity index (χ4v) is 1.95. The maximum Gasteiger partial charge on any atom is 0.340 e. The molecule has 18 heavy (non-hydrogen) atoms. The summed E-state index contributed by atoms with van der Waals surface area (Å²) in [4.78, 5) is 23.2. The number of hydrogen-bond acceptors (Lipinski definition) is 3. The SMILES string of the molecule is CCc1cc(Cl)cc(NC(=O)CBr)c1C(=O)OC. The Labute approximate surface area is 119 Å². The molecule has 0 bridgehead atoms. The summed E-state index contributed by atoms with van der Waals surface area (Å²) in [6.45, 7) is 1.90. The maximum atomic E-state index is 11.8. The molecule has 0 unspecified atom stereocenters. The lowest BCUT2D eigenvalue weighted by Crippen LogP contribution is -2.17. The fraction of sp³-hybridized carbons (Fsp3) is 0.333. The van der Waals surface area contributed by atoms with E-state index in [1.165, 1.54) is 13.2 Å². The van der Waals surface area contributed by atoms with Crippen molar-refractivity contribution >= 4 is 45.1 Å². The van der Waals surface area contributed by atoms with Crippen molar-refractivity contribution in [1.82, 2.24) is 0 Å². The maximum absolute atomic E-state index is 11.8. The molecule has 0 spiro atoms. The van der Waals surface area contributed by atoms with Crippen molar-refractivity contribution in [1.29, 1.82) is 0 Å².